The van der Waals surface area contributed by atoms with Crippen molar-refractivity contribution in [1.29, 1.82) is 0 Å². The molecule has 0 bridgehead atoms. The zero-order chi connectivity index (χ0) is 13.4. The number of aliphatic hydroxyl groups excluding tert-OH is 1. The molecule has 0 unspecified atom stereocenters. The first-order chi connectivity index (χ1) is 8.65. The Balaban J connectivity index is 0.000000184. The summed E-state index contributed by atoms with van der Waals surface area (Å²) in [5.74, 6) is -0.0619. The summed E-state index contributed by atoms with van der Waals surface area (Å²) in [6.45, 7) is 1.57. The molecule has 0 aromatic heterocycles. The molecular weight excluding hydrogens is 228 g/mol. The van der Waals surface area contributed by atoms with Gasteiger partial charge in [-0.1, -0.05) is 42.5 Å². The molecule has 0 fully saturated rings. The van der Waals surface area contributed by atoms with Crippen LogP contribution in [0, 0.1) is 0 Å². The van der Waals surface area contributed by atoms with E-state index in [-0.39, 0.29) is 18.1 Å². The van der Waals surface area contributed by atoms with Gasteiger partial charge in [0.1, 0.15) is 5.75 Å². The fourth-order valence-electron chi connectivity index (χ4n) is 1.35. The van der Waals surface area contributed by atoms with Gasteiger partial charge in [0, 0.05) is 0 Å². The minimum atomic E-state index is -0.113. The van der Waals surface area contributed by atoms with Crippen LogP contribution < -0.4 is 0 Å². The molecule has 3 nitrogen and oxygen atoms in total. The second-order valence-corrected chi connectivity index (χ2v) is 3.72. The number of carbonyl (C=O) groups excluding carboxylic acids is 1. The van der Waals surface area contributed by atoms with Gasteiger partial charge in [-0.3, -0.25) is 4.79 Å². The van der Waals surface area contributed by atoms with Crippen molar-refractivity contribution in [3.05, 3.63) is 65.7 Å². The number of hydrogen-bond donors (Lipinski definition) is 2. The lowest BCUT2D eigenvalue weighted by Crippen LogP contribution is -1.90. The number of Topliss-reactive ketones (excluding diaryl/α,β-unsaturated/α-hetero) is 1. The zero-order valence-corrected chi connectivity index (χ0v) is 10.2. The van der Waals surface area contributed by atoms with E-state index in [1.807, 2.05) is 30.3 Å². The van der Waals surface area contributed by atoms with Gasteiger partial charge in [-0.15, -0.1) is 0 Å². The summed E-state index contributed by atoms with van der Waals surface area (Å²) < 4.78 is 0. The highest BCUT2D eigenvalue weighted by molar-refractivity contribution is 5.96. The van der Waals surface area contributed by atoms with Crippen molar-refractivity contribution in [3.63, 3.8) is 0 Å². The van der Waals surface area contributed by atoms with E-state index in [2.05, 4.69) is 0 Å². The second kappa shape index (κ2) is 7.25. The summed E-state index contributed by atoms with van der Waals surface area (Å²) in [5, 5.41) is 17.6. The molecule has 94 valence electrons. The van der Waals surface area contributed by atoms with E-state index in [1.54, 1.807) is 18.2 Å². The maximum absolute atomic E-state index is 10.7. The van der Waals surface area contributed by atoms with Gasteiger partial charge in [0.15, 0.2) is 5.78 Å². The number of benzene rings is 2. The Morgan fingerprint density at radius 1 is 1.00 bits per heavy atom. The number of ketones is 1. The van der Waals surface area contributed by atoms with Crippen LogP contribution in [0.1, 0.15) is 22.8 Å². The number of aromatic hydroxyl groups is 1. The fraction of sp³-hybridized carbons (Fsp3) is 0.133. The predicted molar refractivity (Wildman–Crippen MR) is 70.5 cm³/mol. The van der Waals surface area contributed by atoms with Crippen LogP contribution in [0.3, 0.4) is 0 Å². The minimum Gasteiger partial charge on any atom is -0.507 e. The van der Waals surface area contributed by atoms with Crippen LogP contribution >= 0.6 is 0 Å². The molecule has 3 heteroatoms. The summed E-state index contributed by atoms with van der Waals surface area (Å²) >= 11 is 0. The van der Waals surface area contributed by atoms with E-state index in [0.717, 1.165) is 5.56 Å². The number of hydrogen-bond acceptors (Lipinski definition) is 3. The molecule has 0 saturated carbocycles. The smallest absolute Gasteiger partial charge is 0.163 e. The number of para-hydroxylation sites is 1. The fourth-order valence-corrected chi connectivity index (χ4v) is 1.35. The van der Waals surface area contributed by atoms with Crippen LogP contribution in [0.25, 0.3) is 0 Å². The molecule has 0 atom stereocenters. The van der Waals surface area contributed by atoms with Gasteiger partial charge < -0.3 is 10.2 Å². The van der Waals surface area contributed by atoms with Crippen LogP contribution in [0.15, 0.2) is 54.6 Å². The molecule has 2 aromatic carbocycles. The standard InChI is InChI=1S/C8H8O2.C7H8O/c1-6(9)7-4-2-3-5-8(7)10;8-6-7-4-2-1-3-5-7/h2-5,10H,1H3;1-5,8H,6H2. The third kappa shape index (κ3) is 4.39. The second-order valence-electron chi connectivity index (χ2n) is 3.72. The SMILES string of the molecule is CC(=O)c1ccccc1O.OCc1ccccc1. The van der Waals surface area contributed by atoms with E-state index in [0.29, 0.717) is 5.56 Å². The Bertz CT molecular complexity index is 492. The van der Waals surface area contributed by atoms with Crippen LogP contribution in [0.4, 0.5) is 0 Å². The Kier molecular flexibility index (Phi) is 5.61. The largest absolute Gasteiger partial charge is 0.507 e. The third-order valence-corrected chi connectivity index (χ3v) is 2.31. The van der Waals surface area contributed by atoms with Gasteiger partial charge in [-0.05, 0) is 24.6 Å². The summed E-state index contributed by atoms with van der Waals surface area (Å²) in [4.78, 5) is 10.7. The molecule has 0 spiro atoms. The number of carbonyl (C=O) groups is 1. The summed E-state index contributed by atoms with van der Waals surface area (Å²) in [6.07, 6.45) is 0. The van der Waals surface area contributed by atoms with Gasteiger partial charge in [0.25, 0.3) is 0 Å². The Morgan fingerprint density at radius 3 is 1.94 bits per heavy atom. The van der Waals surface area contributed by atoms with Gasteiger partial charge in [-0.25, -0.2) is 0 Å². The number of phenolic OH excluding ortho intramolecular Hbond substituents is 1. The first-order valence-corrected chi connectivity index (χ1v) is 5.59. The van der Waals surface area contributed by atoms with Crippen molar-refractivity contribution >= 4 is 5.78 Å². The summed E-state index contributed by atoms with van der Waals surface area (Å²) in [6, 6.07) is 16.0. The molecular formula is C15H16O3. The Labute approximate surface area is 106 Å². The van der Waals surface area contributed by atoms with E-state index >= 15 is 0 Å². The molecule has 0 aliphatic heterocycles. The third-order valence-electron chi connectivity index (χ3n) is 2.31. The Hall–Kier alpha value is -2.13. The highest BCUT2D eigenvalue weighted by atomic mass is 16.3. The van der Waals surface area contributed by atoms with E-state index < -0.39 is 0 Å². The molecule has 18 heavy (non-hydrogen) atoms. The maximum atomic E-state index is 10.7. The van der Waals surface area contributed by atoms with Gasteiger partial charge in [-0.2, -0.15) is 0 Å². The van der Waals surface area contributed by atoms with E-state index in [4.69, 9.17) is 10.2 Å². The van der Waals surface area contributed by atoms with Crippen molar-refractivity contribution in [1.82, 2.24) is 0 Å². The minimum absolute atomic E-state index is 0.0509. The lowest BCUT2D eigenvalue weighted by molar-refractivity contribution is 0.101. The first-order valence-electron chi connectivity index (χ1n) is 5.59. The highest BCUT2D eigenvalue weighted by Gasteiger charge is 2.02. The maximum Gasteiger partial charge on any atom is 0.163 e. The molecule has 2 N–H and O–H groups in total. The normalized spacial score (nSPS) is 9.22. The van der Waals surface area contributed by atoms with Crippen LogP contribution in [0.5, 0.6) is 5.75 Å². The van der Waals surface area contributed by atoms with E-state index in [1.165, 1.54) is 13.0 Å². The lowest BCUT2D eigenvalue weighted by atomic mass is 10.1. The van der Waals surface area contributed by atoms with Crippen LogP contribution in [-0.4, -0.2) is 16.0 Å². The molecule has 0 radical (unpaired) electrons. The van der Waals surface area contributed by atoms with Crippen molar-refractivity contribution in [2.24, 2.45) is 0 Å². The first kappa shape index (κ1) is 13.9. The quantitative estimate of drug-likeness (QED) is 0.799. The molecule has 2 rings (SSSR count). The van der Waals surface area contributed by atoms with Crippen molar-refractivity contribution in [2.75, 3.05) is 0 Å². The predicted octanol–water partition coefficient (Wildman–Crippen LogP) is 2.77. The average Bonchev–Trinajstić information content (AvgIpc) is 2.40. The highest BCUT2D eigenvalue weighted by Crippen LogP contribution is 2.15. The topological polar surface area (TPSA) is 57.5 Å². The Morgan fingerprint density at radius 2 is 1.56 bits per heavy atom. The molecule has 2 aromatic rings. The average molecular weight is 244 g/mol. The van der Waals surface area contributed by atoms with Gasteiger partial charge >= 0.3 is 0 Å². The van der Waals surface area contributed by atoms with Gasteiger partial charge in [0.05, 0.1) is 12.2 Å². The lowest BCUT2D eigenvalue weighted by Gasteiger charge is -1.96. The van der Waals surface area contributed by atoms with Crippen molar-refractivity contribution in [2.45, 2.75) is 13.5 Å². The number of phenols is 1. The van der Waals surface area contributed by atoms with Gasteiger partial charge in [0.2, 0.25) is 0 Å². The van der Waals surface area contributed by atoms with Crippen molar-refractivity contribution < 1.29 is 15.0 Å². The molecule has 0 aliphatic rings. The molecule has 0 heterocycles. The zero-order valence-electron chi connectivity index (χ0n) is 10.2. The monoisotopic (exact) mass is 244 g/mol. The number of rotatable bonds is 2. The summed E-state index contributed by atoms with van der Waals surface area (Å²) in [5.41, 5.74) is 1.34. The van der Waals surface area contributed by atoms with E-state index in [9.17, 15) is 4.79 Å². The molecule has 0 aliphatic carbocycles. The summed E-state index contributed by atoms with van der Waals surface area (Å²) in [7, 11) is 0. The van der Waals surface area contributed by atoms with Crippen molar-refractivity contribution in [3.8, 4) is 5.75 Å². The molecule has 0 amide bonds. The van der Waals surface area contributed by atoms with Crippen LogP contribution in [0.2, 0.25) is 0 Å². The number of aliphatic hydroxyl groups is 1. The molecule has 0 saturated heterocycles. The van der Waals surface area contributed by atoms with Crippen LogP contribution in [-0.2, 0) is 6.61 Å².